The zero-order chi connectivity index (χ0) is 18.6. The van der Waals surface area contributed by atoms with E-state index < -0.39 is 0 Å². The summed E-state index contributed by atoms with van der Waals surface area (Å²) in [6, 6.07) is 15.1. The molecule has 0 spiro atoms. The first-order chi connectivity index (χ1) is 13.3. The van der Waals surface area contributed by atoms with E-state index in [0.717, 1.165) is 42.8 Å². The van der Waals surface area contributed by atoms with Gasteiger partial charge in [0, 0.05) is 24.2 Å². The zero-order valence-corrected chi connectivity index (χ0v) is 15.4. The third-order valence-electron chi connectivity index (χ3n) is 4.89. The van der Waals surface area contributed by atoms with Crippen LogP contribution in [-0.4, -0.2) is 36.0 Å². The maximum atomic E-state index is 13.0. The highest BCUT2D eigenvalue weighted by Gasteiger charge is 2.22. The molecule has 3 aromatic rings. The lowest BCUT2D eigenvalue weighted by molar-refractivity contribution is 0.0725. The van der Waals surface area contributed by atoms with Crippen LogP contribution in [0.4, 0.5) is 0 Å². The number of methoxy groups -OCH3 is 1. The molecule has 2 aromatic carbocycles. The second-order valence-corrected chi connectivity index (χ2v) is 6.66. The van der Waals surface area contributed by atoms with Gasteiger partial charge in [0.05, 0.1) is 18.9 Å². The predicted molar refractivity (Wildman–Crippen MR) is 104 cm³/mol. The highest BCUT2D eigenvalue weighted by molar-refractivity contribution is 6.00. The first-order valence-electron chi connectivity index (χ1n) is 9.25. The number of oxazole rings is 1. The summed E-state index contributed by atoms with van der Waals surface area (Å²) in [5.41, 5.74) is 2.24. The Kier molecular flexibility index (Phi) is 4.92. The van der Waals surface area contributed by atoms with Gasteiger partial charge in [-0.15, -0.1) is 0 Å². The Morgan fingerprint density at radius 2 is 1.89 bits per heavy atom. The molecular formula is C22H22N2O3. The van der Waals surface area contributed by atoms with Crippen LogP contribution in [0.15, 0.2) is 59.1 Å². The van der Waals surface area contributed by atoms with Crippen molar-refractivity contribution in [2.75, 3.05) is 20.2 Å². The van der Waals surface area contributed by atoms with E-state index in [1.165, 1.54) is 6.42 Å². The highest BCUT2D eigenvalue weighted by atomic mass is 16.5. The standard InChI is InChI=1S/C22H22N2O3/c1-26-17-9-7-8-16(14-17)20-15-23-21(27-20)18-10-3-4-11-19(18)22(25)24-12-5-2-6-13-24/h3-4,7-11,14-15H,2,5-6,12-13H2,1H3. The molecule has 1 aliphatic rings. The van der Waals surface area contributed by atoms with Crippen LogP contribution in [0.1, 0.15) is 29.6 Å². The van der Waals surface area contributed by atoms with Crippen molar-refractivity contribution >= 4 is 5.91 Å². The summed E-state index contributed by atoms with van der Waals surface area (Å²) in [5.74, 6) is 1.90. The van der Waals surface area contributed by atoms with Gasteiger partial charge in [-0.2, -0.15) is 0 Å². The van der Waals surface area contributed by atoms with Crippen molar-refractivity contribution in [1.29, 1.82) is 0 Å². The Hall–Kier alpha value is -3.08. The fraction of sp³-hybridized carbons (Fsp3) is 0.273. The number of hydrogen-bond acceptors (Lipinski definition) is 4. The normalized spacial score (nSPS) is 14.2. The van der Waals surface area contributed by atoms with E-state index in [-0.39, 0.29) is 5.91 Å². The van der Waals surface area contributed by atoms with Crippen molar-refractivity contribution in [3.63, 3.8) is 0 Å². The number of carbonyl (C=O) groups is 1. The smallest absolute Gasteiger partial charge is 0.254 e. The van der Waals surface area contributed by atoms with Gasteiger partial charge >= 0.3 is 0 Å². The Morgan fingerprint density at radius 3 is 2.70 bits per heavy atom. The quantitative estimate of drug-likeness (QED) is 0.678. The molecule has 0 aliphatic carbocycles. The highest BCUT2D eigenvalue weighted by Crippen LogP contribution is 2.30. The molecule has 0 radical (unpaired) electrons. The topological polar surface area (TPSA) is 55.6 Å². The fourth-order valence-electron chi connectivity index (χ4n) is 3.43. The molecular weight excluding hydrogens is 340 g/mol. The lowest BCUT2D eigenvalue weighted by Crippen LogP contribution is -2.35. The first kappa shape index (κ1) is 17.3. The largest absolute Gasteiger partial charge is 0.497 e. The van der Waals surface area contributed by atoms with E-state index in [4.69, 9.17) is 9.15 Å². The molecule has 0 saturated carbocycles. The Morgan fingerprint density at radius 1 is 1.07 bits per heavy atom. The Bertz CT molecular complexity index is 942. The summed E-state index contributed by atoms with van der Waals surface area (Å²) in [6.45, 7) is 1.63. The third-order valence-corrected chi connectivity index (χ3v) is 4.89. The SMILES string of the molecule is COc1cccc(-c2cnc(-c3ccccc3C(=O)N3CCCCC3)o2)c1. The molecule has 0 bridgehead atoms. The minimum absolute atomic E-state index is 0.0476. The minimum atomic E-state index is 0.0476. The molecule has 0 unspecified atom stereocenters. The molecule has 5 heteroatoms. The van der Waals surface area contributed by atoms with E-state index in [9.17, 15) is 4.79 Å². The molecule has 27 heavy (non-hydrogen) atoms. The van der Waals surface area contributed by atoms with Crippen LogP contribution in [0.25, 0.3) is 22.8 Å². The number of carbonyl (C=O) groups excluding carboxylic acids is 1. The van der Waals surface area contributed by atoms with Crippen LogP contribution in [0.3, 0.4) is 0 Å². The Labute approximate surface area is 158 Å². The number of ether oxygens (including phenoxy) is 1. The van der Waals surface area contributed by atoms with Crippen molar-refractivity contribution in [3.05, 3.63) is 60.3 Å². The van der Waals surface area contributed by atoms with Gasteiger partial charge in [-0.25, -0.2) is 4.98 Å². The molecule has 4 rings (SSSR count). The summed E-state index contributed by atoms with van der Waals surface area (Å²) in [7, 11) is 1.63. The summed E-state index contributed by atoms with van der Waals surface area (Å²) >= 11 is 0. The second-order valence-electron chi connectivity index (χ2n) is 6.66. The number of aromatic nitrogens is 1. The fourth-order valence-corrected chi connectivity index (χ4v) is 3.43. The third kappa shape index (κ3) is 3.58. The van der Waals surface area contributed by atoms with Crippen molar-refractivity contribution in [2.24, 2.45) is 0 Å². The zero-order valence-electron chi connectivity index (χ0n) is 15.4. The maximum absolute atomic E-state index is 13.0. The molecule has 1 fully saturated rings. The molecule has 0 atom stereocenters. The average molecular weight is 362 g/mol. The first-order valence-corrected chi connectivity index (χ1v) is 9.25. The van der Waals surface area contributed by atoms with Gasteiger partial charge < -0.3 is 14.1 Å². The van der Waals surface area contributed by atoms with E-state index in [1.54, 1.807) is 13.3 Å². The number of nitrogens with zero attached hydrogens (tertiary/aromatic N) is 2. The van der Waals surface area contributed by atoms with Gasteiger partial charge in [0.25, 0.3) is 5.91 Å². The lowest BCUT2D eigenvalue weighted by atomic mass is 10.0. The number of rotatable bonds is 4. The average Bonchev–Trinajstić information content (AvgIpc) is 3.24. The molecule has 5 nitrogen and oxygen atoms in total. The summed E-state index contributed by atoms with van der Waals surface area (Å²) < 4.78 is 11.3. The van der Waals surface area contributed by atoms with Crippen LogP contribution in [0.5, 0.6) is 5.75 Å². The summed E-state index contributed by atoms with van der Waals surface area (Å²) in [6.07, 6.45) is 5.00. The van der Waals surface area contributed by atoms with Crippen molar-refractivity contribution in [3.8, 4) is 28.5 Å². The van der Waals surface area contributed by atoms with E-state index >= 15 is 0 Å². The minimum Gasteiger partial charge on any atom is -0.497 e. The van der Waals surface area contributed by atoms with Gasteiger partial charge in [-0.3, -0.25) is 4.79 Å². The monoisotopic (exact) mass is 362 g/mol. The number of amides is 1. The molecule has 1 amide bonds. The molecule has 1 aromatic heterocycles. The van der Waals surface area contributed by atoms with Crippen LogP contribution in [0.2, 0.25) is 0 Å². The van der Waals surface area contributed by atoms with Crippen LogP contribution in [-0.2, 0) is 0 Å². The van der Waals surface area contributed by atoms with E-state index in [2.05, 4.69) is 4.98 Å². The number of hydrogen-bond donors (Lipinski definition) is 0. The molecule has 1 saturated heterocycles. The summed E-state index contributed by atoms with van der Waals surface area (Å²) in [5, 5.41) is 0. The predicted octanol–water partition coefficient (Wildman–Crippen LogP) is 4.64. The van der Waals surface area contributed by atoms with Crippen LogP contribution < -0.4 is 4.74 Å². The maximum Gasteiger partial charge on any atom is 0.254 e. The summed E-state index contributed by atoms with van der Waals surface area (Å²) in [4.78, 5) is 19.3. The number of benzene rings is 2. The number of likely N-dealkylation sites (tertiary alicyclic amines) is 1. The van der Waals surface area contributed by atoms with Gasteiger partial charge in [0.2, 0.25) is 5.89 Å². The lowest BCUT2D eigenvalue weighted by Gasteiger charge is -2.27. The van der Waals surface area contributed by atoms with Gasteiger partial charge in [-0.05, 0) is 43.5 Å². The van der Waals surface area contributed by atoms with Gasteiger partial charge in [0.15, 0.2) is 5.76 Å². The molecule has 138 valence electrons. The Balaban J connectivity index is 1.66. The van der Waals surface area contributed by atoms with Gasteiger partial charge in [0.1, 0.15) is 5.75 Å². The van der Waals surface area contributed by atoms with Crippen LogP contribution >= 0.6 is 0 Å². The van der Waals surface area contributed by atoms with Crippen LogP contribution in [0, 0.1) is 0 Å². The van der Waals surface area contributed by atoms with E-state index in [0.29, 0.717) is 17.2 Å². The molecule has 2 heterocycles. The second kappa shape index (κ2) is 7.66. The van der Waals surface area contributed by atoms with Crippen molar-refractivity contribution < 1.29 is 13.9 Å². The van der Waals surface area contributed by atoms with Crippen molar-refractivity contribution in [2.45, 2.75) is 19.3 Å². The molecule has 0 N–H and O–H groups in total. The number of piperidine rings is 1. The van der Waals surface area contributed by atoms with E-state index in [1.807, 2.05) is 53.4 Å². The van der Waals surface area contributed by atoms with Crippen molar-refractivity contribution in [1.82, 2.24) is 9.88 Å². The molecule has 1 aliphatic heterocycles. The van der Waals surface area contributed by atoms with Gasteiger partial charge in [-0.1, -0.05) is 24.3 Å².